The number of hydrogen-bond acceptors (Lipinski definition) is 4. The molecule has 0 saturated carbocycles. The molecule has 0 aliphatic carbocycles. The number of carbonyl (C=O) groups excluding carboxylic acids is 1. The number of ketones is 1. The van der Waals surface area contributed by atoms with E-state index in [4.69, 9.17) is 15.2 Å². The van der Waals surface area contributed by atoms with Gasteiger partial charge in [0.05, 0.1) is 5.56 Å². The highest BCUT2D eigenvalue weighted by molar-refractivity contribution is 6.06. The normalized spacial score (nSPS) is 12.6. The largest absolute Gasteiger partial charge is 0.454 e. The summed E-state index contributed by atoms with van der Waals surface area (Å²) in [5.41, 5.74) is 9.49. The van der Waals surface area contributed by atoms with Crippen LogP contribution in [0.1, 0.15) is 16.1 Å². The number of nitrogen functional groups attached to an aromatic ring is 1. The molecule has 25 heavy (non-hydrogen) atoms. The van der Waals surface area contributed by atoms with Crippen LogP contribution < -0.4 is 20.3 Å². The highest BCUT2D eigenvalue weighted by Crippen LogP contribution is 2.35. The smallest absolute Gasteiger partial charge is 0.236 e. The molecular weight excluding hydrogens is 318 g/mol. The molecule has 1 aliphatic heterocycles. The van der Waals surface area contributed by atoms with Gasteiger partial charge in [-0.2, -0.15) is 5.10 Å². The fourth-order valence-electron chi connectivity index (χ4n) is 2.59. The van der Waals surface area contributed by atoms with E-state index in [0.29, 0.717) is 11.3 Å². The molecule has 124 valence electrons. The highest BCUT2D eigenvalue weighted by Gasteiger charge is 2.17. The molecule has 0 unspecified atom stereocenters. The van der Waals surface area contributed by atoms with Crippen molar-refractivity contribution in [2.75, 3.05) is 12.5 Å². The third-order valence-corrected chi connectivity index (χ3v) is 3.93. The van der Waals surface area contributed by atoms with Crippen molar-refractivity contribution in [3.63, 3.8) is 0 Å². The second kappa shape index (κ2) is 6.16. The van der Waals surface area contributed by atoms with Crippen LogP contribution in [0.5, 0.6) is 11.5 Å². The van der Waals surface area contributed by atoms with E-state index in [1.807, 2.05) is 24.3 Å². The molecule has 0 radical (unpaired) electrons. The second-order valence-corrected chi connectivity index (χ2v) is 5.65. The minimum absolute atomic E-state index is 0.0840. The molecule has 4 rings (SSSR count). The number of allylic oxidation sites excluding steroid dienone is 1. The zero-order valence-electron chi connectivity index (χ0n) is 13.3. The number of H-pyrrole nitrogens is 2. The van der Waals surface area contributed by atoms with E-state index < -0.39 is 0 Å². The Morgan fingerprint density at radius 3 is 2.72 bits per heavy atom. The number of benzene rings is 2. The number of hydrogen-bond donors (Lipinski definition) is 2. The number of anilines is 1. The molecule has 0 atom stereocenters. The van der Waals surface area contributed by atoms with Gasteiger partial charge in [0.1, 0.15) is 5.69 Å². The summed E-state index contributed by atoms with van der Waals surface area (Å²) in [6, 6.07) is 14.5. The Hall–Kier alpha value is -3.54. The molecule has 0 spiro atoms. The van der Waals surface area contributed by atoms with Crippen molar-refractivity contribution in [3.05, 3.63) is 65.9 Å². The number of rotatable bonds is 4. The van der Waals surface area contributed by atoms with Crippen LogP contribution >= 0.6 is 0 Å². The van der Waals surface area contributed by atoms with Crippen LogP contribution in [-0.4, -0.2) is 17.7 Å². The van der Waals surface area contributed by atoms with Gasteiger partial charge < -0.3 is 15.2 Å². The predicted molar refractivity (Wildman–Crippen MR) is 93.1 cm³/mol. The lowest BCUT2D eigenvalue weighted by atomic mass is 10.1. The summed E-state index contributed by atoms with van der Waals surface area (Å²) in [6.45, 7) is 0.247. The van der Waals surface area contributed by atoms with Gasteiger partial charge in [-0.25, -0.2) is 0 Å². The van der Waals surface area contributed by atoms with Crippen LogP contribution in [0, 0.1) is 0 Å². The Morgan fingerprint density at radius 2 is 1.88 bits per heavy atom. The van der Waals surface area contributed by atoms with Crippen LogP contribution in [-0.2, 0) is 0 Å². The lowest BCUT2D eigenvalue weighted by Gasteiger charge is -1.96. The van der Waals surface area contributed by atoms with Crippen molar-refractivity contribution in [2.24, 2.45) is 0 Å². The Morgan fingerprint density at radius 1 is 1.08 bits per heavy atom. The Kier molecular flexibility index (Phi) is 3.70. The van der Waals surface area contributed by atoms with Gasteiger partial charge in [-0.15, -0.1) is 5.10 Å². The monoisotopic (exact) mass is 334 g/mol. The van der Waals surface area contributed by atoms with Gasteiger partial charge in [0, 0.05) is 17.3 Å². The van der Waals surface area contributed by atoms with Crippen LogP contribution in [0.4, 0.5) is 5.69 Å². The molecule has 0 saturated heterocycles. The summed E-state index contributed by atoms with van der Waals surface area (Å²) in [4.78, 5) is 12.2. The summed E-state index contributed by atoms with van der Waals surface area (Å²) in [6.07, 6.45) is 3.25. The number of fused-ring (bicyclic) bond motifs is 1. The molecule has 3 aromatic rings. The lowest BCUT2D eigenvalue weighted by Crippen LogP contribution is -2.04. The van der Waals surface area contributed by atoms with Crippen molar-refractivity contribution in [3.8, 4) is 22.8 Å². The second-order valence-electron chi connectivity index (χ2n) is 5.65. The lowest BCUT2D eigenvalue weighted by molar-refractivity contribution is -0.437. The molecule has 2 aromatic carbocycles. The van der Waals surface area contributed by atoms with Crippen molar-refractivity contribution in [1.29, 1.82) is 0 Å². The maximum Gasteiger partial charge on any atom is 0.236 e. The van der Waals surface area contributed by atoms with Crippen LogP contribution in [0.3, 0.4) is 0 Å². The van der Waals surface area contributed by atoms with Gasteiger partial charge in [-0.05, 0) is 54.6 Å². The Bertz CT molecular complexity index is 958. The molecule has 2 heterocycles. The maximum atomic E-state index is 12.2. The first kappa shape index (κ1) is 15.0. The average Bonchev–Trinajstić information content (AvgIpc) is 3.28. The third kappa shape index (κ3) is 3.10. The van der Waals surface area contributed by atoms with E-state index >= 15 is 0 Å². The highest BCUT2D eigenvalue weighted by atomic mass is 16.7. The summed E-state index contributed by atoms with van der Waals surface area (Å²) >= 11 is 0. The number of carbonyl (C=O) groups is 1. The van der Waals surface area contributed by atoms with Crippen LogP contribution in [0.25, 0.3) is 17.3 Å². The fourth-order valence-corrected chi connectivity index (χ4v) is 2.59. The van der Waals surface area contributed by atoms with E-state index in [1.165, 1.54) is 6.08 Å². The Labute approximate surface area is 143 Å². The van der Waals surface area contributed by atoms with Gasteiger partial charge in [-0.1, -0.05) is 0 Å². The summed E-state index contributed by atoms with van der Waals surface area (Å²) in [7, 11) is 0. The van der Waals surface area contributed by atoms with Gasteiger partial charge in [0.2, 0.25) is 12.5 Å². The first-order valence-electron chi connectivity index (χ1n) is 7.78. The van der Waals surface area contributed by atoms with Crippen molar-refractivity contribution < 1.29 is 19.4 Å². The summed E-state index contributed by atoms with van der Waals surface area (Å²) < 4.78 is 10.7. The SMILES string of the molecule is Nc1ccc(C(=O)C=Cc2cc(-c3ccc4c(c3)OCO4)[nH+][nH]2)cc1. The molecule has 0 amide bonds. The van der Waals surface area contributed by atoms with Gasteiger partial charge in [0.15, 0.2) is 17.3 Å². The van der Waals surface area contributed by atoms with E-state index in [-0.39, 0.29) is 12.6 Å². The minimum atomic E-state index is -0.0840. The molecule has 6 nitrogen and oxygen atoms in total. The number of nitrogens with one attached hydrogen (secondary N) is 2. The number of ether oxygens (including phenoxy) is 2. The van der Waals surface area contributed by atoms with Crippen LogP contribution in [0.2, 0.25) is 0 Å². The number of nitrogens with two attached hydrogens (primary N) is 1. The summed E-state index contributed by atoms with van der Waals surface area (Å²) in [5.74, 6) is 1.38. The first-order valence-corrected chi connectivity index (χ1v) is 7.78. The average molecular weight is 334 g/mol. The molecule has 0 bridgehead atoms. The van der Waals surface area contributed by atoms with E-state index in [2.05, 4.69) is 10.2 Å². The molecule has 1 aliphatic rings. The van der Waals surface area contributed by atoms with E-state index in [9.17, 15) is 4.79 Å². The molecule has 0 fully saturated rings. The molecular formula is C19H16N3O3+. The standard InChI is InChI=1S/C19H15N3O3/c20-14-4-1-12(2-5-14)17(23)7-6-15-10-16(22-21-15)13-3-8-18-19(9-13)25-11-24-18/h1-10H,11,20H2,(H,21,22)/p+1. The number of aromatic nitrogens is 2. The topological polar surface area (TPSA) is 91.5 Å². The van der Waals surface area contributed by atoms with E-state index in [0.717, 1.165) is 28.5 Å². The Balaban J connectivity index is 1.51. The van der Waals surface area contributed by atoms with Gasteiger partial charge in [-0.3, -0.25) is 4.79 Å². The molecule has 1 aromatic heterocycles. The quantitative estimate of drug-likeness (QED) is 0.436. The number of aromatic amines is 2. The maximum absolute atomic E-state index is 12.2. The van der Waals surface area contributed by atoms with Gasteiger partial charge in [0.25, 0.3) is 0 Å². The van der Waals surface area contributed by atoms with Crippen molar-refractivity contribution in [2.45, 2.75) is 0 Å². The molecule has 4 N–H and O–H groups in total. The van der Waals surface area contributed by atoms with Crippen molar-refractivity contribution in [1.82, 2.24) is 5.10 Å². The third-order valence-electron chi connectivity index (χ3n) is 3.93. The predicted octanol–water partition coefficient (Wildman–Crippen LogP) is 2.70. The fraction of sp³-hybridized carbons (Fsp3) is 0.0526. The minimum Gasteiger partial charge on any atom is -0.454 e. The summed E-state index contributed by atoms with van der Waals surface area (Å²) in [5, 5.41) is 6.12. The first-order chi connectivity index (χ1) is 12.2. The molecule has 6 heteroatoms. The van der Waals surface area contributed by atoms with Crippen molar-refractivity contribution >= 4 is 17.5 Å². The zero-order valence-corrected chi connectivity index (χ0v) is 13.3. The zero-order chi connectivity index (χ0) is 17.2. The van der Waals surface area contributed by atoms with E-state index in [1.54, 1.807) is 30.3 Å². The van der Waals surface area contributed by atoms with Crippen LogP contribution in [0.15, 0.2) is 54.6 Å². The van der Waals surface area contributed by atoms with Gasteiger partial charge >= 0.3 is 0 Å².